The Kier molecular flexibility index (Phi) is 5.13. The van der Waals surface area contributed by atoms with Crippen LogP contribution in [0.1, 0.15) is 35.2 Å². The highest BCUT2D eigenvalue weighted by molar-refractivity contribution is 6.30. The van der Waals surface area contributed by atoms with Crippen molar-refractivity contribution in [3.8, 4) is 5.69 Å². The Balaban J connectivity index is 1.55. The summed E-state index contributed by atoms with van der Waals surface area (Å²) in [6.07, 6.45) is 5.19. The summed E-state index contributed by atoms with van der Waals surface area (Å²) in [5.74, 6) is 0.561. The first-order chi connectivity index (χ1) is 15.6. The quantitative estimate of drug-likeness (QED) is 0.613. The minimum Gasteiger partial charge on any atom is -0.346 e. The molecule has 4 rings (SSSR count). The number of likely N-dealkylation sites (N-methyl/N-ethyl adjacent to an activating group) is 1. The summed E-state index contributed by atoms with van der Waals surface area (Å²) in [7, 11) is 1.47. The maximum atomic E-state index is 12.9. The zero-order valence-electron chi connectivity index (χ0n) is 19.8. The molecule has 162 valence electrons. The van der Waals surface area contributed by atoms with Crippen LogP contribution in [0, 0.1) is 5.92 Å². The first-order valence-corrected chi connectivity index (χ1v) is 10.4. The molecule has 31 heavy (non-hydrogen) atoms. The van der Waals surface area contributed by atoms with Gasteiger partial charge in [0.05, 0.1) is 26.8 Å². The van der Waals surface area contributed by atoms with Crippen LogP contribution in [0.25, 0.3) is 5.69 Å². The molecule has 1 fully saturated rings. The fourth-order valence-electron chi connectivity index (χ4n) is 3.42. The molecule has 9 heteroatoms. The first kappa shape index (κ1) is 18.6. The van der Waals surface area contributed by atoms with E-state index in [2.05, 4.69) is 20.3 Å². The molecule has 3 heterocycles. The van der Waals surface area contributed by atoms with Gasteiger partial charge in [-0.15, -0.1) is 0 Å². The number of halogens is 1. The number of nitrogens with one attached hydrogen (secondary N) is 1. The molecule has 0 bridgehead atoms. The zero-order valence-corrected chi connectivity index (χ0v) is 18.6. The van der Waals surface area contributed by atoms with E-state index in [1.54, 1.807) is 18.6 Å². The van der Waals surface area contributed by atoms with E-state index in [-0.39, 0.29) is 12.0 Å². The molecule has 1 aliphatic heterocycles. The number of urea groups is 1. The van der Waals surface area contributed by atoms with E-state index in [1.807, 2.05) is 55.8 Å². The molecule has 1 aliphatic rings. The third-order valence-corrected chi connectivity index (χ3v) is 5.38. The van der Waals surface area contributed by atoms with E-state index in [0.717, 1.165) is 16.3 Å². The van der Waals surface area contributed by atoms with Crippen LogP contribution in [0.5, 0.6) is 0 Å². The fraction of sp³-hybridized carbons (Fsp3) is 0.364. The highest BCUT2D eigenvalue weighted by Crippen LogP contribution is 2.27. The van der Waals surface area contributed by atoms with Crippen molar-refractivity contribution in [2.24, 2.45) is 5.92 Å². The number of amides is 2. The van der Waals surface area contributed by atoms with Gasteiger partial charge in [-0.25, -0.2) is 14.8 Å². The van der Waals surface area contributed by atoms with E-state index in [1.165, 1.54) is 11.9 Å². The van der Waals surface area contributed by atoms with Gasteiger partial charge in [0.25, 0.3) is 0 Å². The van der Waals surface area contributed by atoms with Crippen LogP contribution in [0.4, 0.5) is 16.6 Å². The molecule has 2 amide bonds. The van der Waals surface area contributed by atoms with Crippen molar-refractivity contribution in [2.45, 2.75) is 32.9 Å². The number of aromatic nitrogens is 4. The predicted octanol–water partition coefficient (Wildman–Crippen LogP) is 4.39. The standard InChI is InChI=1S/C22H26ClN7O/c1-14(2)19-12-28(4)22(31)30(19)20-9-10-24-21(27-20)26-15(3)18-11-29(13-25-18)17-7-5-16(23)6-8-17/h5-11,13-15,19H,12H2,1-4H3,(H,24,26,27)/t15?,19-/m1/s1/i12D2. The lowest BCUT2D eigenvalue weighted by Gasteiger charge is -2.25. The Morgan fingerprint density at radius 2 is 1.94 bits per heavy atom. The number of carbonyl (C=O) groups excluding carboxylic acids is 1. The fourth-order valence-corrected chi connectivity index (χ4v) is 3.54. The number of hydrogen-bond donors (Lipinski definition) is 1. The van der Waals surface area contributed by atoms with Gasteiger partial charge in [-0.05, 0) is 43.2 Å². The lowest BCUT2D eigenvalue weighted by atomic mass is 10.0. The summed E-state index contributed by atoms with van der Waals surface area (Å²) < 4.78 is 18.7. The molecule has 3 aromatic rings. The second kappa shape index (κ2) is 8.55. The van der Waals surface area contributed by atoms with Crippen LogP contribution in [-0.2, 0) is 0 Å². The number of hydrogen-bond acceptors (Lipinski definition) is 5. The molecule has 0 aliphatic carbocycles. The summed E-state index contributed by atoms with van der Waals surface area (Å²) in [6.45, 7) is 3.91. The van der Waals surface area contributed by atoms with Gasteiger partial charge < -0.3 is 14.8 Å². The summed E-state index contributed by atoms with van der Waals surface area (Å²) in [4.78, 5) is 28.7. The van der Waals surface area contributed by atoms with Gasteiger partial charge in [0.1, 0.15) is 5.82 Å². The Morgan fingerprint density at radius 1 is 1.19 bits per heavy atom. The van der Waals surface area contributed by atoms with Crippen LogP contribution in [0.15, 0.2) is 49.1 Å². The zero-order chi connectivity index (χ0) is 23.9. The van der Waals surface area contributed by atoms with Crippen molar-refractivity contribution < 1.29 is 7.54 Å². The summed E-state index contributed by atoms with van der Waals surface area (Å²) in [5, 5.41) is 3.89. The lowest BCUT2D eigenvalue weighted by Crippen LogP contribution is -2.38. The second-order valence-corrected chi connectivity index (χ2v) is 8.25. The van der Waals surface area contributed by atoms with Crippen molar-refractivity contribution in [3.63, 3.8) is 0 Å². The topological polar surface area (TPSA) is 79.2 Å². The van der Waals surface area contributed by atoms with Crippen LogP contribution in [0.3, 0.4) is 0 Å². The van der Waals surface area contributed by atoms with Crippen molar-refractivity contribution >= 4 is 29.4 Å². The monoisotopic (exact) mass is 441 g/mol. The van der Waals surface area contributed by atoms with Crippen molar-refractivity contribution in [3.05, 3.63) is 59.8 Å². The third-order valence-electron chi connectivity index (χ3n) is 5.13. The van der Waals surface area contributed by atoms with Gasteiger partial charge in [0.15, 0.2) is 0 Å². The molecule has 0 spiro atoms. The van der Waals surface area contributed by atoms with Crippen LogP contribution in [0.2, 0.25) is 5.02 Å². The number of rotatable bonds is 6. The second-order valence-electron chi connectivity index (χ2n) is 7.82. The molecule has 2 aromatic heterocycles. The average molecular weight is 442 g/mol. The van der Waals surface area contributed by atoms with Gasteiger partial charge >= 0.3 is 6.03 Å². The maximum Gasteiger partial charge on any atom is 0.325 e. The largest absolute Gasteiger partial charge is 0.346 e. The SMILES string of the molecule is [2H]C1([2H])[C@H](C(C)C)N(c2ccnc(NC(C)c3cn(-c4ccc(Cl)cc4)cn3)n2)C(=O)N1C. The highest BCUT2D eigenvalue weighted by atomic mass is 35.5. The molecular weight excluding hydrogens is 414 g/mol. The number of nitrogens with zero attached hydrogens (tertiary/aromatic N) is 6. The Labute approximate surface area is 189 Å². The number of imidazole rings is 1. The van der Waals surface area contributed by atoms with Gasteiger partial charge in [-0.3, -0.25) is 4.90 Å². The Morgan fingerprint density at radius 3 is 2.65 bits per heavy atom. The summed E-state index contributed by atoms with van der Waals surface area (Å²) in [6, 6.07) is 7.76. The van der Waals surface area contributed by atoms with Crippen molar-refractivity contribution in [1.82, 2.24) is 24.4 Å². The molecule has 1 unspecified atom stereocenters. The molecule has 1 saturated heterocycles. The lowest BCUT2D eigenvalue weighted by molar-refractivity contribution is 0.229. The first-order valence-electron chi connectivity index (χ1n) is 11.1. The molecule has 8 nitrogen and oxygen atoms in total. The minimum atomic E-state index is -1.81. The summed E-state index contributed by atoms with van der Waals surface area (Å²) >= 11 is 5.97. The normalized spacial score (nSPS) is 20.1. The van der Waals surface area contributed by atoms with Crippen molar-refractivity contribution in [2.75, 3.05) is 23.8 Å². The van der Waals surface area contributed by atoms with Crippen molar-refractivity contribution in [1.29, 1.82) is 0 Å². The van der Waals surface area contributed by atoms with Gasteiger partial charge in [0.2, 0.25) is 5.95 Å². The van der Waals surface area contributed by atoms with Gasteiger partial charge in [-0.1, -0.05) is 25.4 Å². The number of carbonyl (C=O) groups is 1. The molecule has 1 aromatic carbocycles. The highest BCUT2D eigenvalue weighted by Gasteiger charge is 2.38. The number of benzene rings is 1. The summed E-state index contributed by atoms with van der Waals surface area (Å²) in [5.41, 5.74) is 1.72. The van der Waals surface area contributed by atoms with E-state index < -0.39 is 18.6 Å². The smallest absolute Gasteiger partial charge is 0.325 e. The maximum absolute atomic E-state index is 12.9. The molecule has 2 atom stereocenters. The van der Waals surface area contributed by atoms with E-state index >= 15 is 0 Å². The molecular formula is C22H26ClN7O. The number of anilines is 2. The van der Waals surface area contributed by atoms with Crippen LogP contribution < -0.4 is 10.2 Å². The Bertz CT molecular complexity index is 1150. The predicted molar refractivity (Wildman–Crippen MR) is 122 cm³/mol. The van der Waals surface area contributed by atoms with E-state index in [4.69, 9.17) is 14.3 Å². The van der Waals surface area contributed by atoms with Crippen LogP contribution >= 0.6 is 11.6 Å². The molecule has 0 radical (unpaired) electrons. The Hall–Kier alpha value is -3.13. The van der Waals surface area contributed by atoms with E-state index in [9.17, 15) is 4.79 Å². The molecule has 0 saturated carbocycles. The third kappa shape index (κ3) is 4.34. The average Bonchev–Trinajstić information content (AvgIpc) is 3.33. The van der Waals surface area contributed by atoms with Gasteiger partial charge in [0, 0.05) is 36.6 Å². The van der Waals surface area contributed by atoms with Gasteiger partial charge in [-0.2, -0.15) is 4.98 Å². The van der Waals surface area contributed by atoms with E-state index in [0.29, 0.717) is 16.8 Å². The molecule has 1 N–H and O–H groups in total. The van der Waals surface area contributed by atoms with Crippen LogP contribution in [-0.4, -0.2) is 50.0 Å². The minimum absolute atomic E-state index is 0.115.